The number of nitrogens with one attached hydrogen (secondary N) is 1. The van der Waals surface area contributed by atoms with E-state index < -0.39 is 0 Å². The first-order valence-electron chi connectivity index (χ1n) is 4.79. The largest absolute Gasteiger partial charge is 0.184 e. The van der Waals surface area contributed by atoms with E-state index in [1.54, 1.807) is 0 Å². The van der Waals surface area contributed by atoms with Gasteiger partial charge in [0.05, 0.1) is 5.75 Å². The molecule has 1 aliphatic rings. The van der Waals surface area contributed by atoms with Gasteiger partial charge in [-0.25, -0.2) is 0 Å². The molecular weight excluding hydrogens is 184 g/mol. The predicted molar refractivity (Wildman–Crippen MR) is 52.3 cm³/mol. The van der Waals surface area contributed by atoms with Crippen LogP contribution in [0.3, 0.4) is 0 Å². The van der Waals surface area contributed by atoms with Crippen molar-refractivity contribution in [2.24, 2.45) is 0 Å². The molecule has 0 radical (unpaired) electrons. The zero-order chi connectivity index (χ0) is 8.93. The second-order valence-corrected chi connectivity index (χ2v) is 4.69. The quantitative estimate of drug-likeness (QED) is 0.804. The Morgan fingerprint density at radius 1 is 1.31 bits per heavy atom. The van der Waals surface area contributed by atoms with Crippen molar-refractivity contribution in [2.45, 2.75) is 43.1 Å². The number of aromatic nitrogens is 4. The lowest BCUT2D eigenvalue weighted by molar-refractivity contribution is 0.516. The van der Waals surface area contributed by atoms with E-state index in [0.717, 1.165) is 16.8 Å². The molecule has 1 N–H and O–H groups in total. The molecule has 13 heavy (non-hydrogen) atoms. The smallest absolute Gasteiger partial charge is 0.177 e. The van der Waals surface area contributed by atoms with E-state index in [-0.39, 0.29) is 0 Å². The van der Waals surface area contributed by atoms with Crippen LogP contribution < -0.4 is 0 Å². The maximum absolute atomic E-state index is 3.93. The van der Waals surface area contributed by atoms with E-state index in [2.05, 4.69) is 20.6 Å². The van der Waals surface area contributed by atoms with Crippen molar-refractivity contribution in [2.75, 3.05) is 0 Å². The highest BCUT2D eigenvalue weighted by Gasteiger charge is 2.14. The van der Waals surface area contributed by atoms with Gasteiger partial charge in [-0.15, -0.1) is 10.2 Å². The summed E-state index contributed by atoms with van der Waals surface area (Å²) in [6.45, 7) is 0. The SMILES string of the molecule is C1CCC(SCc2nn[nH]n2)CC1. The summed E-state index contributed by atoms with van der Waals surface area (Å²) in [5, 5.41) is 14.7. The number of hydrogen-bond donors (Lipinski definition) is 1. The molecule has 2 rings (SSSR count). The Morgan fingerprint density at radius 2 is 2.15 bits per heavy atom. The van der Waals surface area contributed by atoms with Crippen LogP contribution in [0.15, 0.2) is 0 Å². The summed E-state index contributed by atoms with van der Waals surface area (Å²) in [4.78, 5) is 0. The minimum Gasteiger partial charge on any atom is -0.177 e. The average Bonchev–Trinajstić information content (AvgIpc) is 2.69. The van der Waals surface area contributed by atoms with Gasteiger partial charge in [0, 0.05) is 5.25 Å². The molecule has 0 aromatic carbocycles. The molecule has 0 aliphatic heterocycles. The Balaban J connectivity index is 1.72. The zero-order valence-electron chi connectivity index (χ0n) is 7.57. The first kappa shape index (κ1) is 8.99. The third-order valence-electron chi connectivity index (χ3n) is 2.39. The van der Waals surface area contributed by atoms with E-state index in [9.17, 15) is 0 Å². The van der Waals surface area contributed by atoms with Crippen molar-refractivity contribution in [3.05, 3.63) is 5.82 Å². The number of H-pyrrole nitrogens is 1. The maximum atomic E-state index is 3.93. The lowest BCUT2D eigenvalue weighted by Gasteiger charge is -2.19. The van der Waals surface area contributed by atoms with Crippen LogP contribution in [0, 0.1) is 0 Å². The Kier molecular flexibility index (Phi) is 3.18. The molecule has 0 saturated heterocycles. The molecule has 1 aliphatic carbocycles. The molecule has 5 heteroatoms. The fourth-order valence-corrected chi connectivity index (χ4v) is 2.84. The van der Waals surface area contributed by atoms with E-state index in [0.29, 0.717) is 0 Å². The van der Waals surface area contributed by atoms with E-state index in [1.165, 1.54) is 32.1 Å². The van der Waals surface area contributed by atoms with Crippen molar-refractivity contribution >= 4 is 11.8 Å². The molecule has 1 heterocycles. The molecule has 72 valence electrons. The summed E-state index contributed by atoms with van der Waals surface area (Å²) in [6.07, 6.45) is 6.93. The summed E-state index contributed by atoms with van der Waals surface area (Å²) in [7, 11) is 0. The minimum absolute atomic E-state index is 0.826. The fourth-order valence-electron chi connectivity index (χ4n) is 1.67. The third-order valence-corrected chi connectivity index (χ3v) is 3.76. The van der Waals surface area contributed by atoms with Gasteiger partial charge in [-0.2, -0.15) is 17.0 Å². The topological polar surface area (TPSA) is 54.5 Å². The van der Waals surface area contributed by atoms with Gasteiger partial charge in [0.1, 0.15) is 0 Å². The number of thioether (sulfide) groups is 1. The zero-order valence-corrected chi connectivity index (χ0v) is 8.39. The summed E-state index contributed by atoms with van der Waals surface area (Å²) in [6, 6.07) is 0. The lowest BCUT2D eigenvalue weighted by Crippen LogP contribution is -2.08. The van der Waals surface area contributed by atoms with E-state index in [4.69, 9.17) is 0 Å². The molecule has 0 spiro atoms. The van der Waals surface area contributed by atoms with Crippen molar-refractivity contribution in [1.82, 2.24) is 20.6 Å². The van der Waals surface area contributed by atoms with Crippen LogP contribution in [0.5, 0.6) is 0 Å². The first-order valence-corrected chi connectivity index (χ1v) is 5.84. The van der Waals surface area contributed by atoms with Crippen molar-refractivity contribution < 1.29 is 0 Å². The van der Waals surface area contributed by atoms with Gasteiger partial charge in [0.15, 0.2) is 5.82 Å². The predicted octanol–water partition coefficient (Wildman–Crippen LogP) is 1.77. The lowest BCUT2D eigenvalue weighted by atomic mass is 10.0. The second kappa shape index (κ2) is 4.60. The number of tetrazole rings is 1. The molecule has 1 fully saturated rings. The van der Waals surface area contributed by atoms with Crippen LogP contribution in [0.2, 0.25) is 0 Å². The molecule has 4 nitrogen and oxygen atoms in total. The Morgan fingerprint density at radius 3 is 2.85 bits per heavy atom. The number of rotatable bonds is 3. The average molecular weight is 198 g/mol. The standard InChI is InChI=1S/C8H14N4S/c1-2-4-7(5-3-1)13-6-8-9-11-12-10-8/h7H,1-6H2,(H,9,10,11,12). The van der Waals surface area contributed by atoms with Gasteiger partial charge >= 0.3 is 0 Å². The van der Waals surface area contributed by atoms with Crippen molar-refractivity contribution in [3.63, 3.8) is 0 Å². The van der Waals surface area contributed by atoms with Crippen LogP contribution in [0.25, 0.3) is 0 Å². The molecular formula is C8H14N4S. The first-order chi connectivity index (χ1) is 6.45. The maximum Gasteiger partial charge on any atom is 0.184 e. The van der Waals surface area contributed by atoms with Gasteiger partial charge < -0.3 is 0 Å². The Hall–Kier alpha value is -0.580. The molecule has 1 saturated carbocycles. The summed E-state index contributed by atoms with van der Waals surface area (Å²) in [5.74, 6) is 1.73. The van der Waals surface area contributed by atoms with Crippen molar-refractivity contribution in [1.29, 1.82) is 0 Å². The monoisotopic (exact) mass is 198 g/mol. The molecule has 0 bridgehead atoms. The molecule has 0 amide bonds. The summed E-state index contributed by atoms with van der Waals surface area (Å²) < 4.78 is 0. The third kappa shape index (κ3) is 2.69. The Bertz CT molecular complexity index is 230. The van der Waals surface area contributed by atoms with Crippen LogP contribution in [-0.2, 0) is 5.75 Å². The highest BCUT2D eigenvalue weighted by atomic mass is 32.2. The second-order valence-electron chi connectivity index (χ2n) is 3.40. The van der Waals surface area contributed by atoms with Crippen LogP contribution in [-0.4, -0.2) is 25.9 Å². The highest BCUT2D eigenvalue weighted by molar-refractivity contribution is 7.99. The summed E-state index contributed by atoms with van der Waals surface area (Å²) >= 11 is 1.97. The van der Waals surface area contributed by atoms with Gasteiger partial charge in [0.2, 0.25) is 0 Å². The summed E-state index contributed by atoms with van der Waals surface area (Å²) in [5.41, 5.74) is 0. The van der Waals surface area contributed by atoms with Gasteiger partial charge in [-0.3, -0.25) is 0 Å². The van der Waals surface area contributed by atoms with Gasteiger partial charge in [-0.05, 0) is 12.8 Å². The van der Waals surface area contributed by atoms with Crippen LogP contribution >= 0.6 is 11.8 Å². The van der Waals surface area contributed by atoms with E-state index in [1.807, 2.05) is 11.8 Å². The molecule has 1 aromatic rings. The molecule has 0 atom stereocenters. The number of hydrogen-bond acceptors (Lipinski definition) is 4. The van der Waals surface area contributed by atoms with Crippen LogP contribution in [0.4, 0.5) is 0 Å². The fraction of sp³-hybridized carbons (Fsp3) is 0.875. The molecule has 1 aromatic heterocycles. The minimum atomic E-state index is 0.826. The number of nitrogens with zero attached hydrogens (tertiary/aromatic N) is 3. The van der Waals surface area contributed by atoms with E-state index >= 15 is 0 Å². The van der Waals surface area contributed by atoms with Crippen molar-refractivity contribution in [3.8, 4) is 0 Å². The van der Waals surface area contributed by atoms with Gasteiger partial charge in [0.25, 0.3) is 0 Å². The van der Waals surface area contributed by atoms with Gasteiger partial charge in [-0.1, -0.05) is 24.5 Å². The van der Waals surface area contributed by atoms with Crippen LogP contribution in [0.1, 0.15) is 37.9 Å². The highest BCUT2D eigenvalue weighted by Crippen LogP contribution is 2.29. The number of aromatic amines is 1. The molecule has 0 unspecified atom stereocenters. The Labute approximate surface area is 81.9 Å². The normalized spacial score (nSPS) is 19.1.